The van der Waals surface area contributed by atoms with E-state index in [4.69, 9.17) is 14.6 Å². The Balaban J connectivity index is 1.69. The van der Waals surface area contributed by atoms with Crippen molar-refractivity contribution in [1.29, 1.82) is 0 Å². The van der Waals surface area contributed by atoms with Crippen molar-refractivity contribution in [2.75, 3.05) is 26.3 Å². The molecule has 0 saturated carbocycles. The Morgan fingerprint density at radius 2 is 2.24 bits per heavy atom. The van der Waals surface area contributed by atoms with Crippen LogP contribution in [0.2, 0.25) is 0 Å². The summed E-state index contributed by atoms with van der Waals surface area (Å²) in [6.07, 6.45) is 1.92. The van der Waals surface area contributed by atoms with Gasteiger partial charge in [-0.25, -0.2) is 9.78 Å². The summed E-state index contributed by atoms with van der Waals surface area (Å²) in [6.45, 7) is 4.49. The lowest BCUT2D eigenvalue weighted by Gasteiger charge is -2.32. The SMILES string of the molecule is Cc1cn(C)c([C@@H]2CN(Cc3ccccc3OCC(=O)O)CCO2)n1. The molecular formula is C18H23N3O4. The maximum Gasteiger partial charge on any atom is 0.341 e. The fourth-order valence-electron chi connectivity index (χ4n) is 3.09. The molecule has 7 nitrogen and oxygen atoms in total. The van der Waals surface area contributed by atoms with Crippen LogP contribution in [0, 0.1) is 6.92 Å². The highest BCUT2D eigenvalue weighted by molar-refractivity contribution is 5.68. The summed E-state index contributed by atoms with van der Waals surface area (Å²) in [5.41, 5.74) is 1.95. The molecule has 7 heteroatoms. The average Bonchev–Trinajstić information content (AvgIpc) is 2.93. The summed E-state index contributed by atoms with van der Waals surface area (Å²) in [5, 5.41) is 8.81. The quantitative estimate of drug-likeness (QED) is 0.860. The second-order valence-corrected chi connectivity index (χ2v) is 6.24. The zero-order chi connectivity index (χ0) is 17.8. The normalized spacial score (nSPS) is 18.2. The van der Waals surface area contributed by atoms with Crippen molar-refractivity contribution in [2.45, 2.75) is 19.6 Å². The van der Waals surface area contributed by atoms with Gasteiger partial charge >= 0.3 is 5.97 Å². The third-order valence-corrected chi connectivity index (χ3v) is 4.19. The van der Waals surface area contributed by atoms with Gasteiger partial charge in [-0.1, -0.05) is 18.2 Å². The van der Waals surface area contributed by atoms with Crippen LogP contribution in [-0.2, 0) is 23.1 Å². The Kier molecular flexibility index (Phi) is 5.35. The van der Waals surface area contributed by atoms with E-state index < -0.39 is 5.97 Å². The smallest absolute Gasteiger partial charge is 0.341 e. The van der Waals surface area contributed by atoms with Crippen molar-refractivity contribution >= 4 is 5.97 Å². The molecule has 3 rings (SSSR count). The number of para-hydroxylation sites is 1. The molecule has 0 spiro atoms. The number of aromatic nitrogens is 2. The van der Waals surface area contributed by atoms with Crippen molar-refractivity contribution in [3.8, 4) is 5.75 Å². The van der Waals surface area contributed by atoms with Gasteiger partial charge in [0, 0.05) is 38.4 Å². The topological polar surface area (TPSA) is 76.8 Å². The number of carboxylic acids is 1. The number of aryl methyl sites for hydroxylation is 2. The molecule has 1 aliphatic rings. The molecule has 134 valence electrons. The maximum absolute atomic E-state index is 10.7. The van der Waals surface area contributed by atoms with E-state index in [-0.39, 0.29) is 12.7 Å². The summed E-state index contributed by atoms with van der Waals surface area (Å²) < 4.78 is 13.3. The molecule has 25 heavy (non-hydrogen) atoms. The molecule has 1 saturated heterocycles. The minimum absolute atomic E-state index is 0.0699. The first-order valence-electron chi connectivity index (χ1n) is 8.29. The van der Waals surface area contributed by atoms with Crippen LogP contribution in [0.3, 0.4) is 0 Å². The third-order valence-electron chi connectivity index (χ3n) is 4.19. The first-order valence-corrected chi connectivity index (χ1v) is 8.29. The highest BCUT2D eigenvalue weighted by Crippen LogP contribution is 2.25. The summed E-state index contributed by atoms with van der Waals surface area (Å²) in [5.74, 6) is 0.560. The number of aliphatic carboxylic acids is 1. The first-order chi connectivity index (χ1) is 12.0. The largest absolute Gasteiger partial charge is 0.482 e. The molecule has 0 unspecified atom stereocenters. The van der Waals surface area contributed by atoms with Gasteiger partial charge in [-0.15, -0.1) is 0 Å². The van der Waals surface area contributed by atoms with Gasteiger partial charge in [-0.3, -0.25) is 4.90 Å². The number of carbonyl (C=O) groups is 1. The van der Waals surface area contributed by atoms with Crippen LogP contribution in [0.4, 0.5) is 0 Å². The van der Waals surface area contributed by atoms with E-state index >= 15 is 0 Å². The standard InChI is InChI=1S/C18H23N3O4/c1-13-9-20(2)18(19-13)16-11-21(7-8-24-16)10-14-5-3-4-6-15(14)25-12-17(22)23/h3-6,9,16H,7-8,10-12H2,1-2H3,(H,22,23)/t16-/m0/s1. The molecular weight excluding hydrogens is 322 g/mol. The predicted octanol–water partition coefficient (Wildman–Crippen LogP) is 1.77. The summed E-state index contributed by atoms with van der Waals surface area (Å²) in [6, 6.07) is 7.55. The van der Waals surface area contributed by atoms with Crippen LogP contribution in [-0.4, -0.2) is 51.8 Å². The zero-order valence-electron chi connectivity index (χ0n) is 14.5. The van der Waals surface area contributed by atoms with E-state index in [9.17, 15) is 4.79 Å². The highest BCUT2D eigenvalue weighted by Gasteiger charge is 2.26. The molecule has 1 aromatic heterocycles. The minimum atomic E-state index is -0.980. The molecule has 2 heterocycles. The van der Waals surface area contributed by atoms with Gasteiger partial charge in [0.1, 0.15) is 17.7 Å². The van der Waals surface area contributed by atoms with Gasteiger partial charge in [0.15, 0.2) is 6.61 Å². The number of ether oxygens (including phenoxy) is 2. The number of benzene rings is 1. The van der Waals surface area contributed by atoms with Crippen LogP contribution < -0.4 is 4.74 Å². The van der Waals surface area contributed by atoms with Gasteiger partial charge in [-0.05, 0) is 13.0 Å². The van der Waals surface area contributed by atoms with Crippen LogP contribution >= 0.6 is 0 Å². The number of hydrogen-bond acceptors (Lipinski definition) is 5. The summed E-state index contributed by atoms with van der Waals surface area (Å²) >= 11 is 0. The minimum Gasteiger partial charge on any atom is -0.482 e. The monoisotopic (exact) mass is 345 g/mol. The lowest BCUT2D eigenvalue weighted by molar-refractivity contribution is -0.139. The Labute approximate surface area is 146 Å². The fraction of sp³-hybridized carbons (Fsp3) is 0.444. The van der Waals surface area contributed by atoms with Gasteiger partial charge in [0.05, 0.1) is 12.3 Å². The van der Waals surface area contributed by atoms with Crippen molar-refractivity contribution in [3.63, 3.8) is 0 Å². The van der Waals surface area contributed by atoms with E-state index in [1.807, 2.05) is 42.9 Å². The Bertz CT molecular complexity index is 744. The maximum atomic E-state index is 10.7. The molecule has 1 aliphatic heterocycles. The van der Waals surface area contributed by atoms with Crippen molar-refractivity contribution in [2.24, 2.45) is 7.05 Å². The van der Waals surface area contributed by atoms with Crippen LogP contribution in [0.1, 0.15) is 23.2 Å². The Morgan fingerprint density at radius 1 is 1.44 bits per heavy atom. The average molecular weight is 345 g/mol. The molecule has 1 atom stereocenters. The number of rotatable bonds is 6. The second kappa shape index (κ2) is 7.67. The predicted molar refractivity (Wildman–Crippen MR) is 91.5 cm³/mol. The number of morpholine rings is 1. The lowest BCUT2D eigenvalue weighted by atomic mass is 10.1. The van der Waals surface area contributed by atoms with E-state index in [0.717, 1.165) is 30.2 Å². The molecule has 2 aromatic rings. The van der Waals surface area contributed by atoms with Crippen LogP contribution in [0.15, 0.2) is 30.5 Å². The van der Waals surface area contributed by atoms with E-state index in [0.29, 0.717) is 18.9 Å². The van der Waals surface area contributed by atoms with E-state index in [1.54, 1.807) is 6.07 Å². The third kappa shape index (κ3) is 4.37. The lowest BCUT2D eigenvalue weighted by Crippen LogP contribution is -2.38. The number of carboxylic acid groups (broad SMARTS) is 1. The number of imidazole rings is 1. The summed E-state index contributed by atoms with van der Waals surface area (Å²) in [7, 11) is 1.98. The zero-order valence-corrected chi connectivity index (χ0v) is 14.5. The Morgan fingerprint density at radius 3 is 2.96 bits per heavy atom. The molecule has 1 aromatic carbocycles. The molecule has 0 bridgehead atoms. The van der Waals surface area contributed by atoms with Gasteiger partial charge in [0.2, 0.25) is 0 Å². The number of hydrogen-bond donors (Lipinski definition) is 1. The van der Waals surface area contributed by atoms with Gasteiger partial charge in [-0.2, -0.15) is 0 Å². The summed E-state index contributed by atoms with van der Waals surface area (Å²) in [4.78, 5) is 17.6. The first kappa shape index (κ1) is 17.4. The van der Waals surface area contributed by atoms with E-state index in [2.05, 4.69) is 9.88 Å². The Hall–Kier alpha value is -2.38. The number of nitrogens with zero attached hydrogens (tertiary/aromatic N) is 3. The van der Waals surface area contributed by atoms with E-state index in [1.165, 1.54) is 0 Å². The van der Waals surface area contributed by atoms with Crippen molar-refractivity contribution in [1.82, 2.24) is 14.5 Å². The fourth-order valence-corrected chi connectivity index (χ4v) is 3.09. The highest BCUT2D eigenvalue weighted by atomic mass is 16.5. The molecule has 0 aliphatic carbocycles. The molecule has 0 amide bonds. The molecule has 1 fully saturated rings. The van der Waals surface area contributed by atoms with Crippen molar-refractivity contribution in [3.05, 3.63) is 47.5 Å². The van der Waals surface area contributed by atoms with Crippen LogP contribution in [0.25, 0.3) is 0 Å². The van der Waals surface area contributed by atoms with Crippen LogP contribution in [0.5, 0.6) is 5.75 Å². The molecule has 0 radical (unpaired) electrons. The second-order valence-electron chi connectivity index (χ2n) is 6.24. The van der Waals surface area contributed by atoms with Gasteiger partial charge in [0.25, 0.3) is 0 Å². The van der Waals surface area contributed by atoms with Crippen molar-refractivity contribution < 1.29 is 19.4 Å². The molecule has 1 N–H and O–H groups in total. The van der Waals surface area contributed by atoms with Gasteiger partial charge < -0.3 is 19.1 Å².